The molecule has 0 bridgehead atoms. The van der Waals surface area contributed by atoms with Crippen LogP contribution in [0.2, 0.25) is 0 Å². The van der Waals surface area contributed by atoms with E-state index in [4.69, 9.17) is 0 Å². The Kier molecular flexibility index (Phi) is 5.73. The smallest absolute Gasteiger partial charge is 0.224 e. The molecule has 1 fully saturated rings. The van der Waals surface area contributed by atoms with Gasteiger partial charge in [0.1, 0.15) is 0 Å². The van der Waals surface area contributed by atoms with E-state index in [1.807, 2.05) is 18.2 Å². The Balaban J connectivity index is 1.79. The summed E-state index contributed by atoms with van der Waals surface area (Å²) in [5.74, 6) is 1.85. The predicted molar refractivity (Wildman–Crippen MR) is 81.7 cm³/mol. The lowest BCUT2D eigenvalue weighted by Gasteiger charge is -2.09. The summed E-state index contributed by atoms with van der Waals surface area (Å²) in [5, 5.41) is 6.32. The Labute approximate surface area is 119 Å². The summed E-state index contributed by atoms with van der Waals surface area (Å²) in [5.41, 5.74) is 0.910. The third-order valence-corrected chi connectivity index (χ3v) is 4.25. The monoisotopic (exact) mass is 278 g/mol. The molecule has 1 aromatic carbocycles. The Morgan fingerprint density at radius 2 is 2.42 bits per heavy atom. The van der Waals surface area contributed by atoms with Crippen LogP contribution in [0.1, 0.15) is 26.2 Å². The highest BCUT2D eigenvalue weighted by Gasteiger charge is 2.15. The van der Waals surface area contributed by atoms with Gasteiger partial charge in [-0.15, -0.1) is 11.8 Å². The van der Waals surface area contributed by atoms with Crippen molar-refractivity contribution in [1.82, 2.24) is 5.32 Å². The number of nitrogens with one attached hydrogen (secondary N) is 2. The zero-order valence-electron chi connectivity index (χ0n) is 11.4. The van der Waals surface area contributed by atoms with E-state index in [0.717, 1.165) is 31.0 Å². The van der Waals surface area contributed by atoms with Crippen LogP contribution in [0.3, 0.4) is 0 Å². The third kappa shape index (κ3) is 4.88. The van der Waals surface area contributed by atoms with Gasteiger partial charge < -0.3 is 10.6 Å². The Morgan fingerprint density at radius 3 is 3.16 bits per heavy atom. The van der Waals surface area contributed by atoms with E-state index in [9.17, 15) is 4.79 Å². The molecule has 1 atom stereocenters. The number of rotatable bonds is 6. The van der Waals surface area contributed by atoms with Gasteiger partial charge in [0.2, 0.25) is 5.91 Å². The number of thioether (sulfide) groups is 1. The van der Waals surface area contributed by atoms with E-state index in [2.05, 4.69) is 23.6 Å². The van der Waals surface area contributed by atoms with Gasteiger partial charge in [-0.3, -0.25) is 4.79 Å². The van der Waals surface area contributed by atoms with Crippen LogP contribution in [0.4, 0.5) is 5.69 Å². The highest BCUT2D eigenvalue weighted by molar-refractivity contribution is 7.99. The van der Waals surface area contributed by atoms with Gasteiger partial charge in [-0.05, 0) is 55.8 Å². The molecule has 19 heavy (non-hydrogen) atoms. The maximum absolute atomic E-state index is 11.9. The van der Waals surface area contributed by atoms with E-state index in [0.29, 0.717) is 12.3 Å². The molecule has 2 N–H and O–H groups in total. The molecule has 0 radical (unpaired) electrons. The zero-order valence-corrected chi connectivity index (χ0v) is 12.3. The minimum atomic E-state index is 0.130. The average molecular weight is 278 g/mol. The summed E-state index contributed by atoms with van der Waals surface area (Å²) < 4.78 is 0. The van der Waals surface area contributed by atoms with E-state index >= 15 is 0 Å². The molecule has 0 saturated carbocycles. The number of carbonyl (C=O) groups is 1. The van der Waals surface area contributed by atoms with E-state index in [1.165, 1.54) is 11.3 Å². The van der Waals surface area contributed by atoms with Crippen molar-refractivity contribution in [1.29, 1.82) is 0 Å². The summed E-state index contributed by atoms with van der Waals surface area (Å²) >= 11 is 1.79. The van der Waals surface area contributed by atoms with Crippen molar-refractivity contribution in [2.24, 2.45) is 5.92 Å². The summed E-state index contributed by atoms with van der Waals surface area (Å²) in [6.45, 7) is 4.30. The molecule has 1 unspecified atom stereocenters. The second-order valence-corrected chi connectivity index (χ2v) is 6.24. The second kappa shape index (κ2) is 7.56. The standard InChI is InChI=1S/C15H22N2OS/c1-2-19-14-5-3-4-13(10-14)17-15(18)7-6-12-8-9-16-11-12/h3-5,10,12,16H,2,6-9,11H2,1H3,(H,17,18). The van der Waals surface area contributed by atoms with E-state index in [-0.39, 0.29) is 5.91 Å². The molecule has 3 nitrogen and oxygen atoms in total. The maximum atomic E-state index is 11.9. The Morgan fingerprint density at radius 1 is 1.53 bits per heavy atom. The molecule has 1 aliphatic rings. The first kappa shape index (κ1) is 14.4. The SMILES string of the molecule is CCSc1cccc(NC(=O)CCC2CCNC2)c1. The van der Waals surface area contributed by atoms with Crippen molar-refractivity contribution in [2.75, 3.05) is 24.2 Å². The number of carbonyl (C=O) groups excluding carboxylic acids is 1. The number of amides is 1. The average Bonchev–Trinajstić information content (AvgIpc) is 2.90. The van der Waals surface area contributed by atoms with Crippen LogP contribution in [0.5, 0.6) is 0 Å². The van der Waals surface area contributed by atoms with Gasteiger partial charge >= 0.3 is 0 Å². The van der Waals surface area contributed by atoms with E-state index < -0.39 is 0 Å². The topological polar surface area (TPSA) is 41.1 Å². The van der Waals surface area contributed by atoms with E-state index in [1.54, 1.807) is 11.8 Å². The Hall–Kier alpha value is -1.00. The molecule has 1 saturated heterocycles. The van der Waals surface area contributed by atoms with Gasteiger partial charge in [-0.1, -0.05) is 13.0 Å². The highest BCUT2D eigenvalue weighted by Crippen LogP contribution is 2.21. The number of hydrogen-bond donors (Lipinski definition) is 2. The fourth-order valence-corrected chi connectivity index (χ4v) is 3.07. The minimum Gasteiger partial charge on any atom is -0.326 e. The summed E-state index contributed by atoms with van der Waals surface area (Å²) in [7, 11) is 0. The second-order valence-electron chi connectivity index (χ2n) is 4.91. The van der Waals surface area contributed by atoms with Crippen LogP contribution >= 0.6 is 11.8 Å². The first-order chi connectivity index (χ1) is 9.28. The molecule has 1 amide bonds. The van der Waals surface area contributed by atoms with Crippen LogP contribution in [-0.2, 0) is 4.79 Å². The first-order valence-electron chi connectivity index (χ1n) is 7.01. The lowest BCUT2D eigenvalue weighted by molar-refractivity contribution is -0.116. The molecular formula is C15H22N2OS. The van der Waals surface area contributed by atoms with Gasteiger partial charge in [-0.25, -0.2) is 0 Å². The largest absolute Gasteiger partial charge is 0.326 e. The molecule has 2 rings (SSSR count). The molecule has 0 aliphatic carbocycles. The fourth-order valence-electron chi connectivity index (χ4n) is 2.35. The van der Waals surface area contributed by atoms with Crippen LogP contribution < -0.4 is 10.6 Å². The quantitative estimate of drug-likeness (QED) is 0.786. The van der Waals surface area contributed by atoms with Crippen molar-refractivity contribution >= 4 is 23.4 Å². The van der Waals surface area contributed by atoms with Crippen molar-refractivity contribution in [3.8, 4) is 0 Å². The molecule has 0 aromatic heterocycles. The molecule has 104 valence electrons. The summed E-state index contributed by atoms with van der Waals surface area (Å²) in [6.07, 6.45) is 2.82. The minimum absolute atomic E-state index is 0.130. The summed E-state index contributed by atoms with van der Waals surface area (Å²) in [4.78, 5) is 13.1. The molecule has 0 spiro atoms. The molecule has 1 heterocycles. The Bertz CT molecular complexity index is 416. The lowest BCUT2D eigenvalue weighted by atomic mass is 10.0. The predicted octanol–water partition coefficient (Wildman–Crippen LogP) is 3.13. The number of benzene rings is 1. The van der Waals surface area contributed by atoms with Crippen molar-refractivity contribution < 1.29 is 4.79 Å². The van der Waals surface area contributed by atoms with Crippen molar-refractivity contribution in [3.63, 3.8) is 0 Å². The lowest BCUT2D eigenvalue weighted by Crippen LogP contribution is -2.15. The molecule has 1 aliphatic heterocycles. The zero-order chi connectivity index (χ0) is 13.5. The van der Waals surface area contributed by atoms with Crippen molar-refractivity contribution in [2.45, 2.75) is 31.1 Å². The van der Waals surface area contributed by atoms with Gasteiger partial charge in [0.15, 0.2) is 0 Å². The number of anilines is 1. The van der Waals surface area contributed by atoms with Crippen LogP contribution in [0.25, 0.3) is 0 Å². The molecular weight excluding hydrogens is 256 g/mol. The van der Waals surface area contributed by atoms with Gasteiger partial charge in [-0.2, -0.15) is 0 Å². The number of hydrogen-bond acceptors (Lipinski definition) is 3. The van der Waals surface area contributed by atoms with Gasteiger partial charge in [0.05, 0.1) is 0 Å². The normalized spacial score (nSPS) is 18.5. The van der Waals surface area contributed by atoms with Crippen molar-refractivity contribution in [3.05, 3.63) is 24.3 Å². The third-order valence-electron chi connectivity index (χ3n) is 3.37. The van der Waals surface area contributed by atoms with Gasteiger partial charge in [0, 0.05) is 17.0 Å². The summed E-state index contributed by atoms with van der Waals surface area (Å²) in [6, 6.07) is 8.07. The first-order valence-corrected chi connectivity index (χ1v) is 8.00. The maximum Gasteiger partial charge on any atom is 0.224 e. The van der Waals surface area contributed by atoms with Crippen LogP contribution in [0.15, 0.2) is 29.2 Å². The fraction of sp³-hybridized carbons (Fsp3) is 0.533. The highest BCUT2D eigenvalue weighted by atomic mass is 32.2. The molecule has 1 aromatic rings. The molecule has 4 heteroatoms. The van der Waals surface area contributed by atoms with Crippen LogP contribution in [0, 0.1) is 5.92 Å². The van der Waals surface area contributed by atoms with Gasteiger partial charge in [0.25, 0.3) is 0 Å². The van der Waals surface area contributed by atoms with Crippen LogP contribution in [-0.4, -0.2) is 24.7 Å².